The van der Waals surface area contributed by atoms with Crippen LogP contribution in [0, 0.1) is 5.92 Å². The molecule has 1 rings (SSSR count). The highest BCUT2D eigenvalue weighted by Gasteiger charge is 2.29. The monoisotopic (exact) mass is 247 g/mol. The molecule has 0 aliphatic heterocycles. The zero-order valence-corrected chi connectivity index (χ0v) is 11.2. The summed E-state index contributed by atoms with van der Waals surface area (Å²) in [6.07, 6.45) is 4.49. The van der Waals surface area contributed by atoms with Crippen molar-refractivity contribution < 1.29 is 10.2 Å². The Morgan fingerprint density at radius 3 is 2.75 bits per heavy atom. The molecule has 0 bridgehead atoms. The maximum absolute atomic E-state index is 9.38. The van der Waals surface area contributed by atoms with Crippen LogP contribution in [0.5, 0.6) is 0 Å². The van der Waals surface area contributed by atoms with Gasteiger partial charge in [-0.05, 0) is 32.2 Å². The van der Waals surface area contributed by atoms with E-state index >= 15 is 0 Å². The van der Waals surface area contributed by atoms with E-state index in [1.165, 1.54) is 25.7 Å². The van der Waals surface area contributed by atoms with Crippen LogP contribution in [0.3, 0.4) is 0 Å². The first-order valence-corrected chi connectivity index (χ1v) is 7.33. The zero-order valence-electron chi connectivity index (χ0n) is 10.4. The van der Waals surface area contributed by atoms with E-state index in [-0.39, 0.29) is 6.61 Å². The second-order valence-electron chi connectivity index (χ2n) is 4.69. The van der Waals surface area contributed by atoms with Gasteiger partial charge in [-0.25, -0.2) is 0 Å². The van der Waals surface area contributed by atoms with Gasteiger partial charge in [-0.2, -0.15) is 11.8 Å². The predicted molar refractivity (Wildman–Crippen MR) is 69.8 cm³/mol. The summed E-state index contributed by atoms with van der Waals surface area (Å²) < 4.78 is 0. The van der Waals surface area contributed by atoms with Crippen molar-refractivity contribution in [2.45, 2.75) is 50.0 Å². The summed E-state index contributed by atoms with van der Waals surface area (Å²) in [4.78, 5) is 0. The van der Waals surface area contributed by atoms with Crippen molar-refractivity contribution in [2.24, 2.45) is 5.92 Å². The van der Waals surface area contributed by atoms with Crippen molar-refractivity contribution in [3.8, 4) is 0 Å². The van der Waals surface area contributed by atoms with E-state index in [2.05, 4.69) is 12.2 Å². The summed E-state index contributed by atoms with van der Waals surface area (Å²) in [5.74, 6) is 1.49. The third-order valence-electron chi connectivity index (χ3n) is 3.56. The molecular weight excluding hydrogens is 222 g/mol. The van der Waals surface area contributed by atoms with E-state index in [4.69, 9.17) is 5.11 Å². The largest absolute Gasteiger partial charge is 0.394 e. The summed E-state index contributed by atoms with van der Waals surface area (Å²) in [6.45, 7) is 2.13. The standard InChI is InChI=1S/C12H25NO2S/c1-3-9-4-5-11(13-2)12(6-9)16-8-10(15)7-14/h9-15H,3-8H2,1-2H3. The van der Waals surface area contributed by atoms with Gasteiger partial charge < -0.3 is 15.5 Å². The third kappa shape index (κ3) is 4.24. The van der Waals surface area contributed by atoms with Crippen LogP contribution in [0.25, 0.3) is 0 Å². The van der Waals surface area contributed by atoms with Crippen molar-refractivity contribution in [1.29, 1.82) is 0 Å². The first kappa shape index (κ1) is 14.3. The van der Waals surface area contributed by atoms with Crippen molar-refractivity contribution in [3.05, 3.63) is 0 Å². The molecule has 3 nitrogen and oxygen atoms in total. The SMILES string of the molecule is CCC1CCC(NC)C(SCC(O)CO)C1. The van der Waals surface area contributed by atoms with E-state index < -0.39 is 6.10 Å². The second kappa shape index (κ2) is 7.54. The van der Waals surface area contributed by atoms with Gasteiger partial charge in [0.2, 0.25) is 0 Å². The van der Waals surface area contributed by atoms with Crippen molar-refractivity contribution >= 4 is 11.8 Å². The predicted octanol–water partition coefficient (Wildman–Crippen LogP) is 1.24. The molecule has 0 spiro atoms. The van der Waals surface area contributed by atoms with Gasteiger partial charge in [0.15, 0.2) is 0 Å². The van der Waals surface area contributed by atoms with Crippen LogP contribution in [-0.4, -0.2) is 47.0 Å². The molecule has 0 aromatic carbocycles. The Morgan fingerprint density at radius 1 is 1.44 bits per heavy atom. The van der Waals surface area contributed by atoms with Crippen molar-refractivity contribution in [1.82, 2.24) is 5.32 Å². The lowest BCUT2D eigenvalue weighted by Gasteiger charge is -2.35. The smallest absolute Gasteiger partial charge is 0.0861 e. The minimum absolute atomic E-state index is 0.124. The van der Waals surface area contributed by atoms with Crippen LogP contribution in [-0.2, 0) is 0 Å². The van der Waals surface area contributed by atoms with E-state index in [1.54, 1.807) is 0 Å². The second-order valence-corrected chi connectivity index (χ2v) is 5.96. The minimum atomic E-state index is -0.565. The molecule has 0 radical (unpaired) electrons. The van der Waals surface area contributed by atoms with Crippen molar-refractivity contribution in [2.75, 3.05) is 19.4 Å². The summed E-state index contributed by atoms with van der Waals surface area (Å²) in [7, 11) is 2.02. The van der Waals surface area contributed by atoms with Gasteiger partial charge in [-0.3, -0.25) is 0 Å². The quantitative estimate of drug-likeness (QED) is 0.661. The fourth-order valence-corrected chi connectivity index (χ4v) is 3.87. The van der Waals surface area contributed by atoms with E-state index in [0.717, 1.165) is 5.92 Å². The van der Waals surface area contributed by atoms with Crippen molar-refractivity contribution in [3.63, 3.8) is 0 Å². The number of nitrogens with one attached hydrogen (secondary N) is 1. The first-order valence-electron chi connectivity index (χ1n) is 6.29. The lowest BCUT2D eigenvalue weighted by Crippen LogP contribution is -2.41. The average Bonchev–Trinajstić information content (AvgIpc) is 2.35. The fraction of sp³-hybridized carbons (Fsp3) is 1.00. The average molecular weight is 247 g/mol. The molecule has 3 N–H and O–H groups in total. The molecule has 16 heavy (non-hydrogen) atoms. The van der Waals surface area contributed by atoms with E-state index in [1.807, 2.05) is 18.8 Å². The van der Waals surface area contributed by atoms with Gasteiger partial charge in [0.1, 0.15) is 0 Å². The third-order valence-corrected chi connectivity index (χ3v) is 5.09. The Hall–Kier alpha value is 0.230. The number of hydrogen-bond acceptors (Lipinski definition) is 4. The summed E-state index contributed by atoms with van der Waals surface area (Å²) in [6, 6.07) is 0.568. The molecule has 1 fully saturated rings. The maximum atomic E-state index is 9.38. The van der Waals surface area contributed by atoms with Crippen LogP contribution in [0.4, 0.5) is 0 Å². The molecule has 96 valence electrons. The van der Waals surface area contributed by atoms with Gasteiger partial charge in [-0.1, -0.05) is 13.3 Å². The van der Waals surface area contributed by atoms with Gasteiger partial charge in [-0.15, -0.1) is 0 Å². The molecule has 1 aliphatic carbocycles. The van der Waals surface area contributed by atoms with E-state index in [9.17, 15) is 5.11 Å². The molecule has 0 heterocycles. The van der Waals surface area contributed by atoms with Crippen LogP contribution in [0.1, 0.15) is 32.6 Å². The van der Waals surface area contributed by atoms with Gasteiger partial charge in [0, 0.05) is 17.0 Å². The van der Waals surface area contributed by atoms with Crippen LogP contribution in [0.2, 0.25) is 0 Å². The Bertz CT molecular complexity index is 192. The molecule has 0 aromatic rings. The molecule has 1 saturated carbocycles. The maximum Gasteiger partial charge on any atom is 0.0861 e. The molecule has 4 unspecified atom stereocenters. The highest BCUT2D eigenvalue weighted by Crippen LogP contribution is 2.34. The van der Waals surface area contributed by atoms with Gasteiger partial charge in [0.25, 0.3) is 0 Å². The van der Waals surface area contributed by atoms with E-state index in [0.29, 0.717) is 17.0 Å². The summed E-state index contributed by atoms with van der Waals surface area (Å²) in [5.41, 5.74) is 0. The molecule has 4 atom stereocenters. The van der Waals surface area contributed by atoms with Crippen LogP contribution < -0.4 is 5.32 Å². The molecule has 4 heteroatoms. The molecule has 1 aliphatic rings. The Labute approximate surface area is 103 Å². The summed E-state index contributed by atoms with van der Waals surface area (Å²) in [5, 5.41) is 22.1. The Kier molecular flexibility index (Phi) is 6.73. The number of rotatable bonds is 6. The number of aliphatic hydroxyl groups is 2. The highest BCUT2D eigenvalue weighted by molar-refractivity contribution is 8.00. The topological polar surface area (TPSA) is 52.5 Å². The fourth-order valence-electron chi connectivity index (χ4n) is 2.38. The van der Waals surface area contributed by atoms with Gasteiger partial charge >= 0.3 is 0 Å². The minimum Gasteiger partial charge on any atom is -0.394 e. The molecule has 0 saturated heterocycles. The Balaban J connectivity index is 2.39. The lowest BCUT2D eigenvalue weighted by molar-refractivity contribution is 0.113. The lowest BCUT2D eigenvalue weighted by atomic mass is 9.84. The summed E-state index contributed by atoms with van der Waals surface area (Å²) >= 11 is 1.81. The number of aliphatic hydroxyl groups excluding tert-OH is 2. The normalized spacial score (nSPS) is 32.6. The molecule has 0 aromatic heterocycles. The van der Waals surface area contributed by atoms with Crippen LogP contribution >= 0.6 is 11.8 Å². The zero-order chi connectivity index (χ0) is 12.0. The first-order chi connectivity index (χ1) is 7.71. The molecular formula is C12H25NO2S. The highest BCUT2D eigenvalue weighted by atomic mass is 32.2. The van der Waals surface area contributed by atoms with Gasteiger partial charge in [0.05, 0.1) is 12.7 Å². The molecule has 0 amide bonds. The Morgan fingerprint density at radius 2 is 2.19 bits per heavy atom. The number of hydrogen-bond donors (Lipinski definition) is 3. The number of thioether (sulfide) groups is 1. The van der Waals surface area contributed by atoms with Crippen LogP contribution in [0.15, 0.2) is 0 Å².